The van der Waals surface area contributed by atoms with E-state index in [1.54, 1.807) is 6.07 Å². The molecule has 0 atom stereocenters. The first-order valence-electron chi connectivity index (χ1n) is 10.3. The summed E-state index contributed by atoms with van der Waals surface area (Å²) in [4.78, 5) is 37.1. The van der Waals surface area contributed by atoms with Crippen LogP contribution in [-0.4, -0.2) is 45.9 Å². The topological polar surface area (TPSA) is 91.0 Å². The van der Waals surface area contributed by atoms with E-state index in [1.807, 2.05) is 31.3 Å². The molecule has 0 saturated heterocycles. The van der Waals surface area contributed by atoms with Gasteiger partial charge in [0, 0.05) is 44.0 Å². The summed E-state index contributed by atoms with van der Waals surface area (Å²) in [6.07, 6.45) is 5.17. The van der Waals surface area contributed by atoms with Crippen molar-refractivity contribution in [3.05, 3.63) is 75.2 Å². The molecule has 0 saturated carbocycles. The number of nitrogens with one attached hydrogen (secondary N) is 2. The number of carbonyl (C=O) groups is 1. The van der Waals surface area contributed by atoms with Crippen molar-refractivity contribution in [2.45, 2.75) is 26.3 Å². The van der Waals surface area contributed by atoms with Crippen molar-refractivity contribution in [2.75, 3.05) is 20.1 Å². The summed E-state index contributed by atoms with van der Waals surface area (Å²) < 4.78 is 14.4. The molecule has 31 heavy (non-hydrogen) atoms. The number of carbonyl (C=O) groups excluding carboxylic acids is 1. The van der Waals surface area contributed by atoms with Gasteiger partial charge in [-0.15, -0.1) is 0 Å². The summed E-state index contributed by atoms with van der Waals surface area (Å²) in [6.45, 7) is 4.04. The Morgan fingerprint density at radius 2 is 2.16 bits per heavy atom. The average Bonchev–Trinajstić information content (AvgIpc) is 2.78. The molecule has 0 radical (unpaired) electrons. The van der Waals surface area contributed by atoms with Crippen LogP contribution in [0.1, 0.15) is 40.5 Å². The van der Waals surface area contributed by atoms with Gasteiger partial charge >= 0.3 is 0 Å². The second-order valence-corrected chi connectivity index (χ2v) is 7.58. The van der Waals surface area contributed by atoms with E-state index in [0.29, 0.717) is 31.5 Å². The summed E-state index contributed by atoms with van der Waals surface area (Å²) in [5, 5.41) is 2.44. The molecule has 0 fully saturated rings. The third kappa shape index (κ3) is 4.39. The first kappa shape index (κ1) is 20.9. The molecule has 0 spiro atoms. The molecule has 3 aromatic heterocycles. The van der Waals surface area contributed by atoms with E-state index >= 15 is 0 Å². The van der Waals surface area contributed by atoms with Gasteiger partial charge in [-0.1, -0.05) is 13.0 Å². The van der Waals surface area contributed by atoms with Crippen LogP contribution < -0.4 is 10.9 Å². The highest BCUT2D eigenvalue weighted by Crippen LogP contribution is 2.25. The lowest BCUT2D eigenvalue weighted by molar-refractivity contribution is 0.0957. The van der Waals surface area contributed by atoms with Gasteiger partial charge in [0.1, 0.15) is 5.69 Å². The Bertz CT molecular complexity index is 1230. The highest BCUT2D eigenvalue weighted by atomic mass is 19.1. The standard InChI is InChI=1S/C23H24FN5O2/c1-3-15-11-19-20(28-22(15)30)10-14(12-26-19)13-29-8-6-16(7-9-29)17-4-5-18(23(31)25-2)27-21(17)24/h4-6,10-12H,3,7-9,13H2,1-2H3,(H,25,31)(H,28,30). The van der Waals surface area contributed by atoms with E-state index in [0.717, 1.165) is 34.3 Å². The second-order valence-electron chi connectivity index (χ2n) is 7.58. The Balaban J connectivity index is 1.47. The van der Waals surface area contributed by atoms with Gasteiger partial charge in [-0.2, -0.15) is 4.39 Å². The van der Waals surface area contributed by atoms with Crippen molar-refractivity contribution in [2.24, 2.45) is 0 Å². The molecule has 1 amide bonds. The van der Waals surface area contributed by atoms with Crippen molar-refractivity contribution in [1.82, 2.24) is 25.2 Å². The Morgan fingerprint density at radius 3 is 2.84 bits per heavy atom. The molecule has 0 aromatic carbocycles. The average molecular weight is 421 g/mol. The van der Waals surface area contributed by atoms with Crippen molar-refractivity contribution in [1.29, 1.82) is 0 Å². The second kappa shape index (κ2) is 8.77. The van der Waals surface area contributed by atoms with Gasteiger partial charge in [-0.25, -0.2) is 4.98 Å². The predicted molar refractivity (Wildman–Crippen MR) is 117 cm³/mol. The van der Waals surface area contributed by atoms with E-state index in [-0.39, 0.29) is 11.3 Å². The highest BCUT2D eigenvalue weighted by molar-refractivity contribution is 5.92. The van der Waals surface area contributed by atoms with E-state index in [9.17, 15) is 14.0 Å². The molecule has 160 valence electrons. The van der Waals surface area contributed by atoms with Crippen LogP contribution in [0.15, 0.2) is 41.3 Å². The zero-order chi connectivity index (χ0) is 22.0. The normalized spacial score (nSPS) is 14.5. The fourth-order valence-electron chi connectivity index (χ4n) is 3.80. The van der Waals surface area contributed by atoms with Gasteiger partial charge in [0.2, 0.25) is 5.95 Å². The Kier molecular flexibility index (Phi) is 5.90. The van der Waals surface area contributed by atoms with Gasteiger partial charge in [0.25, 0.3) is 11.5 Å². The number of fused-ring (bicyclic) bond motifs is 1. The largest absolute Gasteiger partial charge is 0.354 e. The molecular weight excluding hydrogens is 397 g/mol. The monoisotopic (exact) mass is 421 g/mol. The van der Waals surface area contributed by atoms with Crippen LogP contribution >= 0.6 is 0 Å². The van der Waals surface area contributed by atoms with E-state index < -0.39 is 11.9 Å². The lowest BCUT2D eigenvalue weighted by Crippen LogP contribution is -2.28. The lowest BCUT2D eigenvalue weighted by Gasteiger charge is -2.26. The fraction of sp³-hybridized carbons (Fsp3) is 0.304. The van der Waals surface area contributed by atoms with Gasteiger partial charge in [0.15, 0.2) is 0 Å². The number of aromatic amines is 1. The van der Waals surface area contributed by atoms with Gasteiger partial charge in [-0.05, 0) is 48.2 Å². The summed E-state index contributed by atoms with van der Waals surface area (Å²) in [5.41, 5.74) is 4.56. The molecule has 1 aliphatic rings. The van der Waals surface area contributed by atoms with Crippen molar-refractivity contribution in [3.8, 4) is 0 Å². The van der Waals surface area contributed by atoms with Crippen LogP contribution in [0.25, 0.3) is 16.6 Å². The minimum Gasteiger partial charge on any atom is -0.354 e. The molecule has 0 unspecified atom stereocenters. The molecule has 8 heteroatoms. The molecule has 1 aliphatic heterocycles. The Morgan fingerprint density at radius 1 is 1.32 bits per heavy atom. The zero-order valence-corrected chi connectivity index (χ0v) is 17.5. The quantitative estimate of drug-likeness (QED) is 0.618. The van der Waals surface area contributed by atoms with E-state index in [1.165, 1.54) is 13.1 Å². The maximum Gasteiger partial charge on any atom is 0.269 e. The number of amides is 1. The molecule has 3 aromatic rings. The Hall–Kier alpha value is -3.39. The number of pyridine rings is 3. The van der Waals surface area contributed by atoms with Crippen molar-refractivity contribution in [3.63, 3.8) is 0 Å². The minimum atomic E-state index is -0.630. The van der Waals surface area contributed by atoms with Crippen LogP contribution in [-0.2, 0) is 13.0 Å². The molecule has 2 N–H and O–H groups in total. The number of halogens is 1. The number of hydrogen-bond donors (Lipinski definition) is 2. The summed E-state index contributed by atoms with van der Waals surface area (Å²) in [7, 11) is 1.49. The first-order chi connectivity index (χ1) is 15.0. The van der Waals surface area contributed by atoms with Gasteiger partial charge in [0.05, 0.1) is 11.0 Å². The number of rotatable bonds is 5. The summed E-state index contributed by atoms with van der Waals surface area (Å²) >= 11 is 0. The number of nitrogens with zero attached hydrogens (tertiary/aromatic N) is 3. The third-order valence-electron chi connectivity index (χ3n) is 5.56. The van der Waals surface area contributed by atoms with Gasteiger partial charge < -0.3 is 10.3 Å². The molecule has 0 aliphatic carbocycles. The van der Waals surface area contributed by atoms with Crippen LogP contribution in [0, 0.1) is 5.95 Å². The van der Waals surface area contributed by atoms with Crippen molar-refractivity contribution < 1.29 is 9.18 Å². The maximum absolute atomic E-state index is 14.4. The summed E-state index contributed by atoms with van der Waals surface area (Å²) in [6, 6.07) is 6.95. The molecule has 4 rings (SSSR count). The molecule has 7 nitrogen and oxygen atoms in total. The third-order valence-corrected chi connectivity index (χ3v) is 5.56. The van der Waals surface area contributed by atoms with Gasteiger partial charge in [-0.3, -0.25) is 19.5 Å². The van der Waals surface area contributed by atoms with E-state index in [2.05, 4.69) is 25.2 Å². The number of hydrogen-bond acceptors (Lipinski definition) is 5. The fourth-order valence-corrected chi connectivity index (χ4v) is 3.80. The van der Waals surface area contributed by atoms with Crippen LogP contribution in [0.4, 0.5) is 4.39 Å². The van der Waals surface area contributed by atoms with Crippen molar-refractivity contribution >= 4 is 22.5 Å². The molecule has 4 heterocycles. The van der Waals surface area contributed by atoms with Crippen LogP contribution in [0.2, 0.25) is 0 Å². The predicted octanol–water partition coefficient (Wildman–Crippen LogP) is 2.67. The smallest absolute Gasteiger partial charge is 0.269 e. The van der Waals surface area contributed by atoms with Crippen LogP contribution in [0.3, 0.4) is 0 Å². The van der Waals surface area contributed by atoms with Crippen LogP contribution in [0.5, 0.6) is 0 Å². The molecule has 0 bridgehead atoms. The lowest BCUT2D eigenvalue weighted by atomic mass is 10.00. The number of aryl methyl sites for hydroxylation is 1. The Labute approximate surface area is 179 Å². The number of H-pyrrole nitrogens is 1. The SMILES string of the molecule is CCc1cc2ncc(CN3CC=C(c4ccc(C(=O)NC)nc4F)CC3)cc2[nH]c1=O. The first-order valence-corrected chi connectivity index (χ1v) is 10.3. The number of aromatic nitrogens is 3. The van der Waals surface area contributed by atoms with E-state index in [4.69, 9.17) is 0 Å². The molecular formula is C23H24FN5O2. The minimum absolute atomic E-state index is 0.0645. The maximum atomic E-state index is 14.4. The summed E-state index contributed by atoms with van der Waals surface area (Å²) in [5.74, 6) is -1.04. The zero-order valence-electron chi connectivity index (χ0n) is 17.5. The highest BCUT2D eigenvalue weighted by Gasteiger charge is 2.18.